The Kier molecular flexibility index (Phi) is 4.55. The molecule has 8 nitrogen and oxygen atoms in total. The maximum atomic E-state index is 5.61. The Morgan fingerprint density at radius 3 is 2.72 bits per heavy atom. The number of aromatic nitrogens is 7. The molecule has 0 radical (unpaired) electrons. The predicted molar refractivity (Wildman–Crippen MR) is 108 cm³/mol. The van der Waals surface area contributed by atoms with Crippen LogP contribution < -0.4 is 0 Å². The van der Waals surface area contributed by atoms with E-state index >= 15 is 0 Å². The summed E-state index contributed by atoms with van der Waals surface area (Å²) >= 11 is 0. The minimum Gasteiger partial charge on any atom is -0.381 e. The average Bonchev–Trinajstić information content (AvgIpc) is 3.32. The highest BCUT2D eigenvalue weighted by Gasteiger charge is 2.29. The van der Waals surface area contributed by atoms with Crippen LogP contribution >= 0.6 is 0 Å². The van der Waals surface area contributed by atoms with Crippen molar-refractivity contribution in [1.82, 2.24) is 34.5 Å². The van der Waals surface area contributed by atoms with Gasteiger partial charge in [0.15, 0.2) is 0 Å². The summed E-state index contributed by atoms with van der Waals surface area (Å²) in [5, 5.41) is 8.28. The molecular formula is C21H23N7O. The summed E-state index contributed by atoms with van der Waals surface area (Å²) in [7, 11) is 1.89. The van der Waals surface area contributed by atoms with E-state index in [1.54, 1.807) is 4.68 Å². The first-order valence-corrected chi connectivity index (χ1v) is 9.90. The van der Waals surface area contributed by atoms with Crippen LogP contribution in [0.5, 0.6) is 0 Å². The van der Waals surface area contributed by atoms with Gasteiger partial charge in [0.05, 0.1) is 41.2 Å². The molecule has 29 heavy (non-hydrogen) atoms. The number of ether oxygens (including phenoxy) is 1. The summed E-state index contributed by atoms with van der Waals surface area (Å²) in [5.41, 5.74) is 5.58. The van der Waals surface area contributed by atoms with Crippen molar-refractivity contribution in [1.29, 1.82) is 0 Å². The number of aryl methyl sites for hydroxylation is 2. The molecule has 5 heterocycles. The average molecular weight is 389 g/mol. The predicted octanol–water partition coefficient (Wildman–Crippen LogP) is 2.95. The second kappa shape index (κ2) is 7.36. The van der Waals surface area contributed by atoms with Crippen LogP contribution in [-0.2, 0) is 11.8 Å². The second-order valence-electron chi connectivity index (χ2n) is 7.51. The molecule has 1 atom stereocenters. The van der Waals surface area contributed by atoms with Crippen LogP contribution in [0.1, 0.15) is 30.3 Å². The fraction of sp³-hybridized carbons (Fsp3) is 0.381. The van der Waals surface area contributed by atoms with Crippen molar-refractivity contribution in [2.75, 3.05) is 13.2 Å². The monoisotopic (exact) mass is 389 g/mol. The lowest BCUT2D eigenvalue weighted by molar-refractivity contribution is 0.0542. The van der Waals surface area contributed by atoms with Gasteiger partial charge in [-0.25, -0.2) is 9.67 Å². The van der Waals surface area contributed by atoms with Gasteiger partial charge in [-0.3, -0.25) is 9.97 Å². The zero-order valence-electron chi connectivity index (χ0n) is 16.6. The molecule has 1 aliphatic heterocycles. The molecule has 4 aromatic heterocycles. The summed E-state index contributed by atoms with van der Waals surface area (Å²) in [6, 6.07) is 8.29. The normalized spacial score (nSPS) is 16.3. The number of nitrogens with zero attached hydrogens (tertiary/aromatic N) is 7. The lowest BCUT2D eigenvalue weighted by atomic mass is 9.89. The molecule has 0 amide bonds. The Hall–Kier alpha value is -3.13. The molecule has 1 saturated heterocycles. The highest BCUT2D eigenvalue weighted by molar-refractivity contribution is 5.79. The van der Waals surface area contributed by atoms with Crippen molar-refractivity contribution in [2.24, 2.45) is 13.0 Å². The zero-order chi connectivity index (χ0) is 19.8. The van der Waals surface area contributed by atoms with E-state index in [4.69, 9.17) is 4.74 Å². The van der Waals surface area contributed by atoms with Crippen LogP contribution in [-0.4, -0.2) is 47.7 Å². The molecule has 0 unspecified atom stereocenters. The highest BCUT2D eigenvalue weighted by Crippen LogP contribution is 2.35. The molecule has 4 aromatic rings. The lowest BCUT2D eigenvalue weighted by Gasteiger charge is -2.31. The third kappa shape index (κ3) is 3.19. The van der Waals surface area contributed by atoms with Gasteiger partial charge < -0.3 is 9.30 Å². The number of hydrogen-bond donors (Lipinski definition) is 0. The summed E-state index contributed by atoms with van der Waals surface area (Å²) < 4.78 is 9.62. The van der Waals surface area contributed by atoms with Crippen LogP contribution in [0, 0.1) is 12.8 Å². The van der Waals surface area contributed by atoms with Crippen LogP contribution in [0.4, 0.5) is 0 Å². The standard InChI is InChI=1S/C21H23N7O/c1-14-20(27(2)26-25-14)17-11-19-18(12-23-17)24-13-28(19)21(15-6-9-29-10-7-15)16-5-3-4-8-22-16/h3-5,8,11-13,15,21H,6-7,9-10H2,1-2H3/t21-/m1/s1. The Labute approximate surface area is 168 Å². The topological polar surface area (TPSA) is 83.5 Å². The molecular weight excluding hydrogens is 366 g/mol. The fourth-order valence-corrected chi connectivity index (χ4v) is 4.29. The third-order valence-electron chi connectivity index (χ3n) is 5.70. The van der Waals surface area contributed by atoms with Gasteiger partial charge in [-0.05, 0) is 43.9 Å². The van der Waals surface area contributed by atoms with Gasteiger partial charge in [0.25, 0.3) is 0 Å². The summed E-state index contributed by atoms with van der Waals surface area (Å²) in [6.07, 6.45) is 7.61. The van der Waals surface area contributed by atoms with Gasteiger partial charge >= 0.3 is 0 Å². The van der Waals surface area contributed by atoms with E-state index in [9.17, 15) is 0 Å². The zero-order valence-corrected chi connectivity index (χ0v) is 16.6. The van der Waals surface area contributed by atoms with E-state index in [1.807, 2.05) is 44.8 Å². The van der Waals surface area contributed by atoms with E-state index in [-0.39, 0.29) is 6.04 Å². The quantitative estimate of drug-likeness (QED) is 0.534. The van der Waals surface area contributed by atoms with Gasteiger partial charge in [-0.1, -0.05) is 11.3 Å². The van der Waals surface area contributed by atoms with Crippen molar-refractivity contribution in [3.8, 4) is 11.4 Å². The third-order valence-corrected chi connectivity index (χ3v) is 5.70. The Morgan fingerprint density at radius 1 is 1.14 bits per heavy atom. The maximum absolute atomic E-state index is 5.61. The fourth-order valence-electron chi connectivity index (χ4n) is 4.29. The largest absolute Gasteiger partial charge is 0.381 e. The SMILES string of the molecule is Cc1nnn(C)c1-c1cc2c(cn1)ncn2[C@@H](c1ccccn1)C1CCOCC1. The van der Waals surface area contributed by atoms with Crippen LogP contribution in [0.15, 0.2) is 43.0 Å². The molecule has 0 bridgehead atoms. The minimum atomic E-state index is 0.103. The lowest BCUT2D eigenvalue weighted by Crippen LogP contribution is -2.27. The number of pyridine rings is 2. The maximum Gasteiger partial charge on any atom is 0.110 e. The molecule has 0 aromatic carbocycles. The van der Waals surface area contributed by atoms with Gasteiger partial charge in [0, 0.05) is 26.5 Å². The van der Waals surface area contributed by atoms with Crippen molar-refractivity contribution in [3.05, 3.63) is 54.4 Å². The molecule has 1 fully saturated rings. The van der Waals surface area contributed by atoms with Crippen LogP contribution in [0.25, 0.3) is 22.4 Å². The molecule has 0 spiro atoms. The number of fused-ring (bicyclic) bond motifs is 1. The van der Waals surface area contributed by atoms with E-state index in [0.29, 0.717) is 5.92 Å². The molecule has 0 N–H and O–H groups in total. The first kappa shape index (κ1) is 17.9. The molecule has 8 heteroatoms. The van der Waals surface area contributed by atoms with Crippen LogP contribution in [0.2, 0.25) is 0 Å². The minimum absolute atomic E-state index is 0.103. The smallest absolute Gasteiger partial charge is 0.110 e. The van der Waals surface area contributed by atoms with E-state index < -0.39 is 0 Å². The second-order valence-corrected chi connectivity index (χ2v) is 7.51. The van der Waals surface area contributed by atoms with E-state index in [2.05, 4.69) is 42.0 Å². The Balaban J connectivity index is 1.66. The Bertz CT molecular complexity index is 1110. The van der Waals surface area contributed by atoms with E-state index in [1.165, 1.54) is 0 Å². The Morgan fingerprint density at radius 2 is 2.00 bits per heavy atom. The first-order chi connectivity index (χ1) is 14.2. The molecule has 0 saturated carbocycles. The van der Waals surface area contributed by atoms with Crippen molar-refractivity contribution < 1.29 is 4.74 Å². The molecule has 5 rings (SSSR count). The number of imidazole rings is 1. The van der Waals surface area contributed by atoms with E-state index in [0.717, 1.165) is 59.9 Å². The van der Waals surface area contributed by atoms with Crippen molar-refractivity contribution in [2.45, 2.75) is 25.8 Å². The first-order valence-electron chi connectivity index (χ1n) is 9.90. The molecule has 0 aliphatic carbocycles. The molecule has 1 aliphatic rings. The number of rotatable bonds is 4. The van der Waals surface area contributed by atoms with Gasteiger partial charge in [-0.2, -0.15) is 0 Å². The number of hydrogen-bond acceptors (Lipinski definition) is 6. The summed E-state index contributed by atoms with van der Waals surface area (Å²) in [4.78, 5) is 13.9. The van der Waals surface area contributed by atoms with Crippen LogP contribution in [0.3, 0.4) is 0 Å². The molecule has 148 valence electrons. The summed E-state index contributed by atoms with van der Waals surface area (Å²) in [5.74, 6) is 0.438. The van der Waals surface area contributed by atoms with Gasteiger partial charge in [0.1, 0.15) is 11.2 Å². The summed E-state index contributed by atoms with van der Waals surface area (Å²) in [6.45, 7) is 3.52. The van der Waals surface area contributed by atoms with Crippen molar-refractivity contribution >= 4 is 11.0 Å². The highest BCUT2D eigenvalue weighted by atomic mass is 16.5. The van der Waals surface area contributed by atoms with Crippen molar-refractivity contribution in [3.63, 3.8) is 0 Å². The van der Waals surface area contributed by atoms with Gasteiger partial charge in [0.2, 0.25) is 0 Å². The van der Waals surface area contributed by atoms with Gasteiger partial charge in [-0.15, -0.1) is 5.10 Å².